The third kappa shape index (κ3) is 4.09. The summed E-state index contributed by atoms with van der Waals surface area (Å²) < 4.78 is 23.5. The highest BCUT2D eigenvalue weighted by Gasteiger charge is 2.04. The fourth-order valence-electron chi connectivity index (χ4n) is 1.06. The fourth-order valence-corrected chi connectivity index (χ4v) is 1.19. The van der Waals surface area contributed by atoms with Crippen LogP contribution in [-0.2, 0) is 4.74 Å². The second-order valence-corrected chi connectivity index (χ2v) is 3.39. The maximum atomic E-state index is 13.3. The minimum atomic E-state index is -0.534. The topological polar surface area (TPSA) is 42.2 Å². The van der Waals surface area contributed by atoms with Gasteiger partial charge in [-0.25, -0.2) is 4.39 Å². The zero-order valence-corrected chi connectivity index (χ0v) is 9.54. The van der Waals surface area contributed by atoms with Crippen molar-refractivity contribution in [2.75, 3.05) is 25.6 Å². The van der Waals surface area contributed by atoms with E-state index < -0.39 is 5.82 Å². The summed E-state index contributed by atoms with van der Waals surface area (Å²) in [6, 6.07) is 5.94. The van der Waals surface area contributed by atoms with Gasteiger partial charge in [-0.2, -0.15) is 17.9 Å². The average Bonchev–Trinajstić information content (AvgIpc) is 2.30. The lowest BCUT2D eigenvalue weighted by Gasteiger charge is -2.07. The van der Waals surface area contributed by atoms with Crippen molar-refractivity contribution in [3.05, 3.63) is 29.6 Å². The van der Waals surface area contributed by atoms with Crippen LogP contribution in [0.5, 0.6) is 5.75 Å². The molecule has 0 heterocycles. The van der Waals surface area contributed by atoms with Gasteiger partial charge in [-0.05, 0) is 18.2 Å². The molecule has 1 aromatic rings. The molecule has 0 aliphatic carbocycles. The van der Waals surface area contributed by atoms with E-state index in [-0.39, 0.29) is 17.9 Å². The normalized spacial score (nSPS) is 9.81. The molecule has 0 aliphatic rings. The van der Waals surface area contributed by atoms with Gasteiger partial charge in [-0.3, -0.25) is 0 Å². The predicted molar refractivity (Wildman–Crippen MR) is 61.3 cm³/mol. The second kappa shape index (κ2) is 7.09. The molecule has 16 heavy (non-hydrogen) atoms. The second-order valence-electron chi connectivity index (χ2n) is 2.94. The van der Waals surface area contributed by atoms with Crippen molar-refractivity contribution in [2.45, 2.75) is 0 Å². The number of thiol groups is 1. The molecule has 0 amide bonds. The Balaban J connectivity index is 2.40. The molecule has 0 spiro atoms. The lowest BCUT2D eigenvalue weighted by atomic mass is 10.2. The first-order valence-electron chi connectivity index (χ1n) is 4.79. The zero-order chi connectivity index (χ0) is 11.8. The molecule has 0 fully saturated rings. The quantitative estimate of drug-likeness (QED) is 0.612. The van der Waals surface area contributed by atoms with Crippen LogP contribution in [0.25, 0.3) is 0 Å². The van der Waals surface area contributed by atoms with Crippen LogP contribution in [0, 0.1) is 17.1 Å². The summed E-state index contributed by atoms with van der Waals surface area (Å²) in [6.45, 7) is 1.21. The number of hydrogen-bond acceptors (Lipinski definition) is 4. The van der Waals surface area contributed by atoms with Gasteiger partial charge in [0.2, 0.25) is 0 Å². The molecule has 0 unspecified atom stereocenters. The van der Waals surface area contributed by atoms with Gasteiger partial charge in [0, 0.05) is 5.75 Å². The van der Waals surface area contributed by atoms with E-state index in [1.165, 1.54) is 12.1 Å². The summed E-state index contributed by atoms with van der Waals surface area (Å²) in [5.41, 5.74) is 0.274. The molecule has 0 aliphatic heterocycles. The van der Waals surface area contributed by atoms with Gasteiger partial charge in [0.05, 0.1) is 24.8 Å². The van der Waals surface area contributed by atoms with Crippen molar-refractivity contribution in [3.63, 3.8) is 0 Å². The molecule has 0 radical (unpaired) electrons. The molecular formula is C11H12FNO2S. The first-order chi connectivity index (χ1) is 7.77. The molecule has 0 N–H and O–H groups in total. The standard InChI is InChI=1S/C11H12FNO2S/c12-10-7-9(8-13)1-2-11(10)15-4-3-14-5-6-16/h1-2,7,16H,3-6H2. The molecule has 0 saturated carbocycles. The van der Waals surface area contributed by atoms with Crippen molar-refractivity contribution in [3.8, 4) is 11.8 Å². The number of ether oxygens (including phenoxy) is 2. The Morgan fingerprint density at radius 1 is 1.31 bits per heavy atom. The number of nitrogens with zero attached hydrogens (tertiary/aromatic N) is 1. The lowest BCUT2D eigenvalue weighted by molar-refractivity contribution is 0.110. The first kappa shape index (κ1) is 12.8. The summed E-state index contributed by atoms with van der Waals surface area (Å²) in [4.78, 5) is 0. The van der Waals surface area contributed by atoms with Gasteiger partial charge in [-0.15, -0.1) is 0 Å². The van der Waals surface area contributed by atoms with Crippen molar-refractivity contribution < 1.29 is 13.9 Å². The molecular weight excluding hydrogens is 229 g/mol. The summed E-state index contributed by atoms with van der Waals surface area (Å²) in [7, 11) is 0. The minimum Gasteiger partial charge on any atom is -0.488 e. The van der Waals surface area contributed by atoms with Gasteiger partial charge in [0.15, 0.2) is 11.6 Å². The van der Waals surface area contributed by atoms with Gasteiger partial charge >= 0.3 is 0 Å². The molecule has 3 nitrogen and oxygen atoms in total. The van der Waals surface area contributed by atoms with Gasteiger partial charge in [-0.1, -0.05) is 0 Å². The van der Waals surface area contributed by atoms with E-state index in [1.807, 2.05) is 6.07 Å². The Labute approximate surface area is 99.2 Å². The van der Waals surface area contributed by atoms with Gasteiger partial charge in [0.1, 0.15) is 6.61 Å². The Kier molecular flexibility index (Phi) is 5.68. The van der Waals surface area contributed by atoms with Crippen LogP contribution >= 0.6 is 12.6 Å². The van der Waals surface area contributed by atoms with E-state index in [0.717, 1.165) is 6.07 Å². The smallest absolute Gasteiger partial charge is 0.166 e. The van der Waals surface area contributed by atoms with Crippen LogP contribution in [0.2, 0.25) is 0 Å². The van der Waals surface area contributed by atoms with Crippen LogP contribution in [0.3, 0.4) is 0 Å². The highest BCUT2D eigenvalue weighted by Crippen LogP contribution is 2.17. The third-order valence-electron chi connectivity index (χ3n) is 1.78. The van der Waals surface area contributed by atoms with E-state index in [1.54, 1.807) is 0 Å². The van der Waals surface area contributed by atoms with Crippen LogP contribution in [-0.4, -0.2) is 25.6 Å². The summed E-state index contributed by atoms with van der Waals surface area (Å²) >= 11 is 3.97. The SMILES string of the molecule is N#Cc1ccc(OCCOCCS)c(F)c1. The molecule has 0 atom stereocenters. The molecule has 0 saturated heterocycles. The Morgan fingerprint density at radius 2 is 2.12 bits per heavy atom. The van der Waals surface area contributed by atoms with E-state index in [4.69, 9.17) is 14.7 Å². The molecule has 0 aromatic heterocycles. The monoisotopic (exact) mass is 241 g/mol. The maximum absolute atomic E-state index is 13.3. The third-order valence-corrected chi connectivity index (χ3v) is 1.96. The summed E-state index contributed by atoms with van der Waals surface area (Å²) in [5.74, 6) is 0.243. The zero-order valence-electron chi connectivity index (χ0n) is 8.65. The summed E-state index contributed by atoms with van der Waals surface area (Å²) in [6.07, 6.45) is 0. The average molecular weight is 241 g/mol. The van der Waals surface area contributed by atoms with E-state index in [9.17, 15) is 4.39 Å². The number of rotatable bonds is 6. The Morgan fingerprint density at radius 3 is 2.75 bits per heavy atom. The van der Waals surface area contributed by atoms with Crippen molar-refractivity contribution >= 4 is 12.6 Å². The molecule has 86 valence electrons. The largest absolute Gasteiger partial charge is 0.488 e. The minimum absolute atomic E-state index is 0.133. The molecule has 1 aromatic carbocycles. The number of halogens is 1. The molecule has 5 heteroatoms. The predicted octanol–water partition coefficient (Wildman–Crippen LogP) is 2.02. The fraction of sp³-hybridized carbons (Fsp3) is 0.364. The number of benzene rings is 1. The van der Waals surface area contributed by atoms with Gasteiger partial charge in [0.25, 0.3) is 0 Å². The van der Waals surface area contributed by atoms with Gasteiger partial charge < -0.3 is 9.47 Å². The van der Waals surface area contributed by atoms with Crippen LogP contribution in [0.4, 0.5) is 4.39 Å². The van der Waals surface area contributed by atoms with Crippen LogP contribution in [0.15, 0.2) is 18.2 Å². The number of nitriles is 1. The van der Waals surface area contributed by atoms with Crippen molar-refractivity contribution in [1.29, 1.82) is 5.26 Å². The lowest BCUT2D eigenvalue weighted by Crippen LogP contribution is -2.08. The van der Waals surface area contributed by atoms with Crippen molar-refractivity contribution in [1.82, 2.24) is 0 Å². The Hall–Kier alpha value is -1.25. The summed E-state index contributed by atoms with van der Waals surface area (Å²) in [5, 5.41) is 8.54. The van der Waals surface area contributed by atoms with E-state index in [0.29, 0.717) is 19.0 Å². The van der Waals surface area contributed by atoms with E-state index in [2.05, 4.69) is 12.6 Å². The Bertz CT molecular complexity index is 379. The van der Waals surface area contributed by atoms with Crippen LogP contribution in [0.1, 0.15) is 5.56 Å². The highest BCUT2D eigenvalue weighted by atomic mass is 32.1. The van der Waals surface area contributed by atoms with Crippen molar-refractivity contribution in [2.24, 2.45) is 0 Å². The van der Waals surface area contributed by atoms with E-state index >= 15 is 0 Å². The first-order valence-corrected chi connectivity index (χ1v) is 5.42. The van der Waals surface area contributed by atoms with Crippen LogP contribution < -0.4 is 4.74 Å². The highest BCUT2D eigenvalue weighted by molar-refractivity contribution is 7.80. The number of hydrogen-bond donors (Lipinski definition) is 1. The maximum Gasteiger partial charge on any atom is 0.166 e. The molecule has 0 bridgehead atoms. The molecule has 1 rings (SSSR count).